The number of hydrogen-bond donors (Lipinski definition) is 0. The first kappa shape index (κ1) is 13.2. The molecule has 108 valence electrons. The summed E-state index contributed by atoms with van der Waals surface area (Å²) in [6, 6.07) is 20.4. The minimum Gasteiger partial charge on any atom is -0.456 e. The van der Waals surface area contributed by atoms with E-state index in [4.69, 9.17) is 4.74 Å². The molecule has 0 saturated heterocycles. The Hall–Kier alpha value is -2.46. The van der Waals surface area contributed by atoms with Gasteiger partial charge in [-0.05, 0) is 60.0 Å². The van der Waals surface area contributed by atoms with Crippen LogP contribution in [-0.4, -0.2) is 4.98 Å². The highest BCUT2D eigenvalue weighted by Gasteiger charge is 2.21. The molecule has 3 aromatic rings. The second kappa shape index (κ2) is 5.73. The zero-order valence-electron chi connectivity index (χ0n) is 11.8. The Balaban J connectivity index is 1.55. The molecule has 4 heteroatoms. The fourth-order valence-corrected chi connectivity index (χ4v) is 3.46. The summed E-state index contributed by atoms with van der Waals surface area (Å²) in [6.45, 7) is 0.883. The minimum atomic E-state index is 0.757. The van der Waals surface area contributed by atoms with Crippen LogP contribution >= 0.6 is 11.9 Å². The number of para-hydroxylation sites is 1. The van der Waals surface area contributed by atoms with Crippen molar-refractivity contribution in [3.63, 3.8) is 0 Å². The average Bonchev–Trinajstić information content (AvgIpc) is 3.00. The third-order valence-electron chi connectivity index (χ3n) is 3.47. The number of aromatic nitrogens is 1. The molecule has 2 aromatic carbocycles. The van der Waals surface area contributed by atoms with Crippen molar-refractivity contribution in [1.82, 2.24) is 4.98 Å². The first-order valence-electron chi connectivity index (χ1n) is 7.10. The van der Waals surface area contributed by atoms with Gasteiger partial charge in [-0.15, -0.1) is 0 Å². The lowest BCUT2D eigenvalue weighted by Crippen LogP contribution is -2.06. The van der Waals surface area contributed by atoms with Gasteiger partial charge in [-0.1, -0.05) is 18.2 Å². The van der Waals surface area contributed by atoms with Crippen LogP contribution in [0.4, 0.5) is 5.69 Å². The van der Waals surface area contributed by atoms with Gasteiger partial charge in [0.15, 0.2) is 0 Å². The zero-order chi connectivity index (χ0) is 14.8. The molecule has 0 bridgehead atoms. The molecule has 0 fully saturated rings. The predicted octanol–water partition coefficient (Wildman–Crippen LogP) is 4.90. The molecule has 0 N–H and O–H groups in total. The molecule has 0 aliphatic carbocycles. The highest BCUT2D eigenvalue weighted by Crippen LogP contribution is 2.41. The van der Waals surface area contributed by atoms with Crippen LogP contribution in [0.3, 0.4) is 0 Å². The summed E-state index contributed by atoms with van der Waals surface area (Å²) in [5, 5.41) is 0. The normalized spacial score (nSPS) is 13.0. The van der Waals surface area contributed by atoms with Crippen LogP contribution < -0.4 is 9.04 Å². The van der Waals surface area contributed by atoms with E-state index < -0.39 is 0 Å². The molecule has 4 rings (SSSR count). The monoisotopic (exact) mass is 306 g/mol. The third kappa shape index (κ3) is 2.65. The van der Waals surface area contributed by atoms with E-state index in [1.807, 2.05) is 24.3 Å². The molecule has 3 nitrogen and oxygen atoms in total. The van der Waals surface area contributed by atoms with Crippen LogP contribution in [0.1, 0.15) is 5.56 Å². The van der Waals surface area contributed by atoms with Crippen LogP contribution in [0, 0.1) is 0 Å². The predicted molar refractivity (Wildman–Crippen MR) is 89.2 cm³/mol. The minimum absolute atomic E-state index is 0.757. The average molecular weight is 306 g/mol. The van der Waals surface area contributed by atoms with Crippen molar-refractivity contribution in [3.05, 3.63) is 78.6 Å². The zero-order valence-corrected chi connectivity index (χ0v) is 12.7. The molecular formula is C18H14N2OS. The van der Waals surface area contributed by atoms with E-state index in [-0.39, 0.29) is 0 Å². The summed E-state index contributed by atoms with van der Waals surface area (Å²) >= 11 is 1.77. The Labute approximate surface area is 133 Å². The van der Waals surface area contributed by atoms with Gasteiger partial charge in [0.05, 0.1) is 12.7 Å². The van der Waals surface area contributed by atoms with Gasteiger partial charge in [-0.3, -0.25) is 4.98 Å². The SMILES string of the molecule is c1ccc(N2Cc3cc(Oc4cccnc4)ccc3S2)cc1. The summed E-state index contributed by atoms with van der Waals surface area (Å²) in [6.07, 6.45) is 3.46. The van der Waals surface area contributed by atoms with Gasteiger partial charge in [-0.25, -0.2) is 0 Å². The first-order chi connectivity index (χ1) is 10.9. The van der Waals surface area contributed by atoms with Crippen molar-refractivity contribution in [2.75, 3.05) is 4.31 Å². The Bertz CT molecular complexity index is 778. The molecule has 1 aliphatic heterocycles. The summed E-state index contributed by atoms with van der Waals surface area (Å²) in [4.78, 5) is 5.35. The van der Waals surface area contributed by atoms with E-state index in [0.29, 0.717) is 0 Å². The van der Waals surface area contributed by atoms with E-state index in [9.17, 15) is 0 Å². The van der Waals surface area contributed by atoms with Gasteiger partial charge >= 0.3 is 0 Å². The number of hydrogen-bond acceptors (Lipinski definition) is 4. The molecule has 0 unspecified atom stereocenters. The number of fused-ring (bicyclic) bond motifs is 1. The smallest absolute Gasteiger partial charge is 0.145 e. The van der Waals surface area contributed by atoms with E-state index in [1.165, 1.54) is 16.1 Å². The maximum absolute atomic E-state index is 5.85. The molecule has 0 amide bonds. The lowest BCUT2D eigenvalue weighted by atomic mass is 10.2. The Morgan fingerprint density at radius 1 is 0.955 bits per heavy atom. The van der Waals surface area contributed by atoms with E-state index in [1.54, 1.807) is 24.3 Å². The topological polar surface area (TPSA) is 25.4 Å². The number of rotatable bonds is 3. The van der Waals surface area contributed by atoms with E-state index in [0.717, 1.165) is 18.0 Å². The van der Waals surface area contributed by atoms with Gasteiger partial charge in [0.2, 0.25) is 0 Å². The standard InChI is InChI=1S/C18H14N2OS/c1-2-5-15(6-3-1)20-13-14-11-16(8-9-18(14)22-20)21-17-7-4-10-19-12-17/h1-12H,13H2. The largest absolute Gasteiger partial charge is 0.456 e. The molecule has 0 atom stereocenters. The van der Waals surface area contributed by atoms with Crippen LogP contribution in [0.2, 0.25) is 0 Å². The second-order valence-electron chi connectivity index (χ2n) is 5.02. The molecule has 1 aliphatic rings. The summed E-state index contributed by atoms with van der Waals surface area (Å²) in [5.74, 6) is 1.61. The van der Waals surface area contributed by atoms with Crippen LogP contribution in [0.25, 0.3) is 0 Å². The quantitative estimate of drug-likeness (QED) is 0.643. The van der Waals surface area contributed by atoms with E-state index >= 15 is 0 Å². The lowest BCUT2D eigenvalue weighted by molar-refractivity contribution is 0.479. The molecule has 0 spiro atoms. The van der Waals surface area contributed by atoms with Crippen molar-refractivity contribution in [1.29, 1.82) is 0 Å². The van der Waals surface area contributed by atoms with Crippen molar-refractivity contribution in [3.8, 4) is 11.5 Å². The Kier molecular flexibility index (Phi) is 3.45. The third-order valence-corrected chi connectivity index (χ3v) is 4.62. The van der Waals surface area contributed by atoms with Gasteiger partial charge in [0.25, 0.3) is 0 Å². The molecule has 22 heavy (non-hydrogen) atoms. The molecule has 2 heterocycles. The van der Waals surface area contributed by atoms with Gasteiger partial charge in [0.1, 0.15) is 11.5 Å². The summed E-state index contributed by atoms with van der Waals surface area (Å²) in [7, 11) is 0. The molecular weight excluding hydrogens is 292 g/mol. The molecule has 1 aromatic heterocycles. The van der Waals surface area contributed by atoms with Crippen molar-refractivity contribution in [2.45, 2.75) is 11.4 Å². The van der Waals surface area contributed by atoms with Gasteiger partial charge in [-0.2, -0.15) is 0 Å². The summed E-state index contributed by atoms with van der Waals surface area (Å²) in [5.41, 5.74) is 2.51. The maximum atomic E-state index is 5.85. The van der Waals surface area contributed by atoms with Crippen molar-refractivity contribution in [2.24, 2.45) is 0 Å². The Morgan fingerprint density at radius 3 is 2.68 bits per heavy atom. The molecule has 0 saturated carbocycles. The van der Waals surface area contributed by atoms with Gasteiger partial charge < -0.3 is 9.04 Å². The Morgan fingerprint density at radius 2 is 1.86 bits per heavy atom. The highest BCUT2D eigenvalue weighted by molar-refractivity contribution is 8.01. The fourth-order valence-electron chi connectivity index (χ4n) is 2.42. The fraction of sp³-hybridized carbons (Fsp3) is 0.0556. The number of pyridine rings is 1. The molecule has 0 radical (unpaired) electrons. The van der Waals surface area contributed by atoms with Gasteiger partial charge in [0, 0.05) is 16.8 Å². The highest BCUT2D eigenvalue weighted by atomic mass is 32.2. The van der Waals surface area contributed by atoms with Crippen LogP contribution in [0.5, 0.6) is 11.5 Å². The van der Waals surface area contributed by atoms with Crippen LogP contribution in [-0.2, 0) is 6.54 Å². The number of ether oxygens (including phenoxy) is 1. The van der Waals surface area contributed by atoms with Crippen molar-refractivity contribution >= 4 is 17.6 Å². The number of benzene rings is 2. The maximum Gasteiger partial charge on any atom is 0.145 e. The van der Waals surface area contributed by atoms with Crippen LogP contribution in [0.15, 0.2) is 78.0 Å². The summed E-state index contributed by atoms with van der Waals surface area (Å²) < 4.78 is 8.14. The first-order valence-corrected chi connectivity index (χ1v) is 7.87. The number of nitrogens with zero attached hydrogens (tertiary/aromatic N) is 2. The second-order valence-corrected chi connectivity index (χ2v) is 6.09. The van der Waals surface area contributed by atoms with Crippen molar-refractivity contribution < 1.29 is 4.74 Å². The number of anilines is 1. The van der Waals surface area contributed by atoms with E-state index in [2.05, 4.69) is 45.7 Å². The lowest BCUT2D eigenvalue weighted by Gasteiger charge is -2.15.